The van der Waals surface area contributed by atoms with Gasteiger partial charge in [0.15, 0.2) is 0 Å². The molecular weight excluding hydrogens is 156 g/mol. The van der Waals surface area contributed by atoms with E-state index in [0.717, 1.165) is 0 Å². The first-order valence-electron chi connectivity index (χ1n) is 4.97. The van der Waals surface area contributed by atoms with Crippen LogP contribution < -0.4 is 0 Å². The molecule has 70 valence electrons. The van der Waals surface area contributed by atoms with Gasteiger partial charge >= 0.3 is 0 Å². The number of benzene rings is 1. The van der Waals surface area contributed by atoms with Crippen molar-refractivity contribution in [1.82, 2.24) is 0 Å². The fourth-order valence-corrected chi connectivity index (χ4v) is 1.40. The molecule has 0 spiro atoms. The molecule has 0 heteroatoms. The number of unbranched alkanes of at least 4 members (excludes halogenated alkanes) is 1. The van der Waals surface area contributed by atoms with Crippen LogP contribution in [0.1, 0.15) is 31.7 Å². The van der Waals surface area contributed by atoms with E-state index in [4.69, 9.17) is 0 Å². The summed E-state index contributed by atoms with van der Waals surface area (Å²) in [5.74, 6) is 0. The summed E-state index contributed by atoms with van der Waals surface area (Å²) in [6.07, 6.45) is 4.92. The topological polar surface area (TPSA) is 0 Å². The molecule has 0 aliphatic carbocycles. The van der Waals surface area contributed by atoms with Crippen molar-refractivity contribution in [2.75, 3.05) is 0 Å². The van der Waals surface area contributed by atoms with Crippen LogP contribution in [0.2, 0.25) is 0 Å². The van der Waals surface area contributed by atoms with E-state index in [-0.39, 0.29) is 0 Å². The molecule has 13 heavy (non-hydrogen) atoms. The maximum atomic E-state index is 3.90. The van der Waals surface area contributed by atoms with E-state index >= 15 is 0 Å². The van der Waals surface area contributed by atoms with E-state index in [9.17, 15) is 0 Å². The Hall–Kier alpha value is -1.04. The minimum atomic E-state index is 1.17. The van der Waals surface area contributed by atoms with Gasteiger partial charge in [-0.05, 0) is 38.2 Å². The number of hydrogen-bond donors (Lipinski definition) is 0. The summed E-state index contributed by atoms with van der Waals surface area (Å²) in [5.41, 5.74) is 2.75. The van der Waals surface area contributed by atoms with Crippen LogP contribution in [-0.2, 0) is 6.42 Å². The van der Waals surface area contributed by atoms with Gasteiger partial charge in [-0.15, -0.1) is 6.58 Å². The van der Waals surface area contributed by atoms with Gasteiger partial charge in [-0.3, -0.25) is 0 Å². The maximum Gasteiger partial charge on any atom is -0.0279 e. The standard InChI is InChI=1S/C13H18/c1-12(2)8-6-7-11-13-9-4-3-5-10-13/h3-5,9-10H,1,6-8,11H2,2H3. The molecule has 0 saturated carbocycles. The average molecular weight is 174 g/mol. The third kappa shape index (κ3) is 4.51. The predicted octanol–water partition coefficient (Wildman–Crippen LogP) is 3.98. The second-order valence-electron chi connectivity index (χ2n) is 3.65. The van der Waals surface area contributed by atoms with Crippen LogP contribution in [0.15, 0.2) is 42.5 Å². The molecule has 0 aliphatic heterocycles. The van der Waals surface area contributed by atoms with Crippen LogP contribution >= 0.6 is 0 Å². The summed E-state index contributed by atoms with van der Waals surface area (Å²) >= 11 is 0. The lowest BCUT2D eigenvalue weighted by Crippen LogP contribution is -1.85. The lowest BCUT2D eigenvalue weighted by atomic mass is 10.1. The lowest BCUT2D eigenvalue weighted by molar-refractivity contribution is 0.731. The van der Waals surface area contributed by atoms with Crippen molar-refractivity contribution in [3.63, 3.8) is 0 Å². The fourth-order valence-electron chi connectivity index (χ4n) is 1.40. The van der Waals surface area contributed by atoms with E-state index in [2.05, 4.69) is 43.8 Å². The van der Waals surface area contributed by atoms with Crippen LogP contribution in [0.25, 0.3) is 0 Å². The Kier molecular flexibility index (Phi) is 4.31. The fraction of sp³-hybridized carbons (Fsp3) is 0.385. The van der Waals surface area contributed by atoms with E-state index in [1.165, 1.54) is 36.8 Å². The maximum absolute atomic E-state index is 3.90. The highest BCUT2D eigenvalue weighted by Gasteiger charge is 1.92. The van der Waals surface area contributed by atoms with Gasteiger partial charge < -0.3 is 0 Å². The molecule has 0 aliphatic rings. The molecule has 0 N–H and O–H groups in total. The highest BCUT2D eigenvalue weighted by Crippen LogP contribution is 2.08. The molecular formula is C13H18. The zero-order valence-corrected chi connectivity index (χ0v) is 8.42. The molecule has 0 bridgehead atoms. The molecule has 1 aromatic carbocycles. The molecule has 1 rings (SSSR count). The van der Waals surface area contributed by atoms with Gasteiger partial charge in [-0.25, -0.2) is 0 Å². The van der Waals surface area contributed by atoms with Crippen molar-refractivity contribution in [3.05, 3.63) is 48.0 Å². The molecule has 0 fully saturated rings. The third-order valence-electron chi connectivity index (χ3n) is 2.16. The predicted molar refractivity (Wildman–Crippen MR) is 58.8 cm³/mol. The highest BCUT2D eigenvalue weighted by atomic mass is 14.0. The van der Waals surface area contributed by atoms with Gasteiger partial charge in [0.25, 0.3) is 0 Å². The van der Waals surface area contributed by atoms with Crippen LogP contribution in [0.4, 0.5) is 0 Å². The number of hydrogen-bond acceptors (Lipinski definition) is 0. The van der Waals surface area contributed by atoms with Gasteiger partial charge in [0.05, 0.1) is 0 Å². The summed E-state index contributed by atoms with van der Waals surface area (Å²) in [7, 11) is 0. The Bertz CT molecular complexity index is 246. The Morgan fingerprint density at radius 1 is 1.15 bits per heavy atom. The van der Waals surface area contributed by atoms with Crippen molar-refractivity contribution in [3.8, 4) is 0 Å². The average Bonchev–Trinajstić information content (AvgIpc) is 2.14. The second-order valence-corrected chi connectivity index (χ2v) is 3.65. The minimum Gasteiger partial charge on any atom is -0.100 e. The number of aryl methyl sites for hydroxylation is 1. The van der Waals surface area contributed by atoms with Gasteiger partial charge in [0, 0.05) is 0 Å². The number of rotatable bonds is 5. The molecule has 0 unspecified atom stereocenters. The monoisotopic (exact) mass is 174 g/mol. The Balaban J connectivity index is 2.17. The third-order valence-corrected chi connectivity index (χ3v) is 2.16. The van der Waals surface area contributed by atoms with Gasteiger partial charge in [0.1, 0.15) is 0 Å². The lowest BCUT2D eigenvalue weighted by Gasteiger charge is -2.00. The highest BCUT2D eigenvalue weighted by molar-refractivity contribution is 5.14. The van der Waals surface area contributed by atoms with Gasteiger partial charge in [-0.2, -0.15) is 0 Å². The SMILES string of the molecule is C=C(C)CCCCc1ccccc1. The van der Waals surface area contributed by atoms with Crippen molar-refractivity contribution < 1.29 is 0 Å². The zero-order chi connectivity index (χ0) is 9.52. The molecule has 0 atom stereocenters. The van der Waals surface area contributed by atoms with Crippen molar-refractivity contribution in [2.24, 2.45) is 0 Å². The zero-order valence-electron chi connectivity index (χ0n) is 8.42. The van der Waals surface area contributed by atoms with Crippen molar-refractivity contribution in [2.45, 2.75) is 32.6 Å². The molecule has 0 nitrogen and oxygen atoms in total. The van der Waals surface area contributed by atoms with Crippen LogP contribution in [0.5, 0.6) is 0 Å². The van der Waals surface area contributed by atoms with E-state index in [1.54, 1.807) is 0 Å². The van der Waals surface area contributed by atoms with Gasteiger partial charge in [0.2, 0.25) is 0 Å². The summed E-state index contributed by atoms with van der Waals surface area (Å²) in [6.45, 7) is 6.00. The Morgan fingerprint density at radius 3 is 2.46 bits per heavy atom. The summed E-state index contributed by atoms with van der Waals surface area (Å²) in [6, 6.07) is 10.7. The van der Waals surface area contributed by atoms with Gasteiger partial charge in [-0.1, -0.05) is 35.9 Å². The van der Waals surface area contributed by atoms with Crippen LogP contribution in [0.3, 0.4) is 0 Å². The largest absolute Gasteiger partial charge is 0.100 e. The minimum absolute atomic E-state index is 1.17. The van der Waals surface area contributed by atoms with E-state index in [1.807, 2.05) is 0 Å². The molecule has 0 saturated heterocycles. The van der Waals surface area contributed by atoms with Crippen LogP contribution in [0, 0.1) is 0 Å². The van der Waals surface area contributed by atoms with E-state index < -0.39 is 0 Å². The summed E-state index contributed by atoms with van der Waals surface area (Å²) in [5, 5.41) is 0. The summed E-state index contributed by atoms with van der Waals surface area (Å²) in [4.78, 5) is 0. The first kappa shape index (κ1) is 10.0. The molecule has 0 radical (unpaired) electrons. The Labute approximate surface area is 81.3 Å². The molecule has 1 aromatic rings. The van der Waals surface area contributed by atoms with Crippen molar-refractivity contribution >= 4 is 0 Å². The Morgan fingerprint density at radius 2 is 1.85 bits per heavy atom. The molecule has 0 heterocycles. The van der Waals surface area contributed by atoms with E-state index in [0.29, 0.717) is 0 Å². The smallest absolute Gasteiger partial charge is 0.0279 e. The molecule has 0 aromatic heterocycles. The van der Waals surface area contributed by atoms with Crippen LogP contribution in [-0.4, -0.2) is 0 Å². The quantitative estimate of drug-likeness (QED) is 0.468. The van der Waals surface area contributed by atoms with Crippen molar-refractivity contribution in [1.29, 1.82) is 0 Å². The normalized spacial score (nSPS) is 9.92. The second kappa shape index (κ2) is 5.58. The first-order chi connectivity index (χ1) is 6.29. The number of allylic oxidation sites excluding steroid dienone is 1. The first-order valence-corrected chi connectivity index (χ1v) is 4.97. The summed E-state index contributed by atoms with van der Waals surface area (Å²) < 4.78 is 0. The molecule has 0 amide bonds.